The third kappa shape index (κ3) is 2.47. The first kappa shape index (κ1) is 12.4. The van der Waals surface area contributed by atoms with Crippen LogP contribution in [0.2, 0.25) is 0 Å². The van der Waals surface area contributed by atoms with Gasteiger partial charge in [-0.15, -0.1) is 0 Å². The molecule has 2 atom stereocenters. The molecule has 1 rings (SSSR count). The van der Waals surface area contributed by atoms with Crippen LogP contribution in [0.5, 0.6) is 5.88 Å². The normalized spacial score (nSPS) is 14.2. The van der Waals surface area contributed by atoms with Crippen molar-refractivity contribution in [2.24, 2.45) is 5.73 Å². The third-order valence-electron chi connectivity index (χ3n) is 2.21. The lowest BCUT2D eigenvalue weighted by atomic mass is 10.0. The fourth-order valence-corrected chi connectivity index (χ4v) is 1.30. The first-order chi connectivity index (χ1) is 7.47. The van der Waals surface area contributed by atoms with E-state index in [1.807, 2.05) is 0 Å². The number of nitrogens with two attached hydrogens (primary N) is 1. The molecule has 0 bridgehead atoms. The van der Waals surface area contributed by atoms with Gasteiger partial charge in [0.15, 0.2) is 0 Å². The van der Waals surface area contributed by atoms with E-state index in [0.29, 0.717) is 17.0 Å². The lowest BCUT2D eigenvalue weighted by Crippen LogP contribution is -2.36. The van der Waals surface area contributed by atoms with Crippen molar-refractivity contribution in [3.63, 3.8) is 0 Å². The molecule has 0 radical (unpaired) electrons. The molecule has 0 saturated heterocycles. The number of aliphatic carboxylic acids is 1. The molecule has 0 aliphatic carbocycles. The second-order valence-electron chi connectivity index (χ2n) is 3.40. The van der Waals surface area contributed by atoms with Crippen molar-refractivity contribution in [2.45, 2.75) is 19.1 Å². The van der Waals surface area contributed by atoms with E-state index in [2.05, 4.69) is 4.98 Å². The molecule has 0 aliphatic rings. The number of aryl methyl sites for hydroxylation is 1. The van der Waals surface area contributed by atoms with Crippen molar-refractivity contribution in [2.75, 3.05) is 7.11 Å². The van der Waals surface area contributed by atoms with Gasteiger partial charge in [0.25, 0.3) is 0 Å². The lowest BCUT2D eigenvalue weighted by molar-refractivity contribution is -0.141. The van der Waals surface area contributed by atoms with Gasteiger partial charge in [0.1, 0.15) is 12.1 Å². The number of aromatic nitrogens is 1. The van der Waals surface area contributed by atoms with E-state index in [1.54, 1.807) is 13.0 Å². The van der Waals surface area contributed by atoms with Crippen molar-refractivity contribution >= 4 is 5.97 Å². The molecule has 16 heavy (non-hydrogen) atoms. The largest absolute Gasteiger partial charge is 0.481 e. The number of pyridine rings is 1. The molecule has 2 unspecified atom stereocenters. The Hall–Kier alpha value is -1.66. The maximum Gasteiger partial charge on any atom is 0.323 e. The number of aliphatic hydroxyl groups is 1. The van der Waals surface area contributed by atoms with Gasteiger partial charge in [-0.25, -0.2) is 4.98 Å². The number of hydrogen-bond acceptors (Lipinski definition) is 5. The first-order valence-electron chi connectivity index (χ1n) is 4.64. The molecule has 4 N–H and O–H groups in total. The predicted octanol–water partition coefficient (Wildman–Crippen LogP) is -0.156. The van der Waals surface area contributed by atoms with Crippen molar-refractivity contribution < 1.29 is 19.7 Å². The van der Waals surface area contributed by atoms with Crippen LogP contribution in [0.25, 0.3) is 0 Å². The van der Waals surface area contributed by atoms with Crippen LogP contribution >= 0.6 is 0 Å². The maximum absolute atomic E-state index is 10.6. The Morgan fingerprint density at radius 3 is 2.69 bits per heavy atom. The summed E-state index contributed by atoms with van der Waals surface area (Å²) in [5, 5.41) is 18.3. The van der Waals surface area contributed by atoms with E-state index in [4.69, 9.17) is 15.6 Å². The molecule has 0 aromatic carbocycles. The second-order valence-corrected chi connectivity index (χ2v) is 3.40. The molecule has 0 aliphatic heterocycles. The predicted molar refractivity (Wildman–Crippen MR) is 56.1 cm³/mol. The number of carboxylic acids is 1. The van der Waals surface area contributed by atoms with Gasteiger partial charge in [0.05, 0.1) is 7.11 Å². The minimum atomic E-state index is -1.37. The summed E-state index contributed by atoms with van der Waals surface area (Å²) in [5.41, 5.74) is 6.36. The highest BCUT2D eigenvalue weighted by atomic mass is 16.5. The summed E-state index contributed by atoms with van der Waals surface area (Å²) in [4.78, 5) is 14.5. The minimum absolute atomic E-state index is 0.355. The summed E-state index contributed by atoms with van der Waals surface area (Å²) >= 11 is 0. The first-order valence-corrected chi connectivity index (χ1v) is 4.64. The molecule has 6 nitrogen and oxygen atoms in total. The monoisotopic (exact) mass is 226 g/mol. The van der Waals surface area contributed by atoms with Crippen molar-refractivity contribution in [3.8, 4) is 5.88 Å². The van der Waals surface area contributed by atoms with E-state index in [1.165, 1.54) is 13.3 Å². The lowest BCUT2D eigenvalue weighted by Gasteiger charge is -2.15. The standard InChI is InChI=1S/C10H14N2O4/c1-5-3-6(4-12-9(5)16-2)8(13)7(11)10(14)15/h3-4,7-8,13H,11H2,1-2H3,(H,14,15). The molecule has 0 spiro atoms. The van der Waals surface area contributed by atoms with Gasteiger partial charge in [-0.1, -0.05) is 0 Å². The van der Waals surface area contributed by atoms with Crippen LogP contribution in [0.15, 0.2) is 12.3 Å². The maximum atomic E-state index is 10.6. The zero-order valence-electron chi connectivity index (χ0n) is 9.04. The molecule has 1 heterocycles. The molecular formula is C10H14N2O4. The van der Waals surface area contributed by atoms with Crippen LogP contribution in [0, 0.1) is 6.92 Å². The Morgan fingerprint density at radius 1 is 1.62 bits per heavy atom. The molecule has 88 valence electrons. The summed E-state index contributed by atoms with van der Waals surface area (Å²) in [6.45, 7) is 1.74. The van der Waals surface area contributed by atoms with Crippen LogP contribution in [0.4, 0.5) is 0 Å². The summed E-state index contributed by atoms with van der Waals surface area (Å²) < 4.78 is 4.95. The minimum Gasteiger partial charge on any atom is -0.481 e. The average molecular weight is 226 g/mol. The van der Waals surface area contributed by atoms with Crippen molar-refractivity contribution in [1.29, 1.82) is 0 Å². The SMILES string of the molecule is COc1ncc(C(O)C(N)C(=O)O)cc1C. The van der Waals surface area contributed by atoms with E-state index in [-0.39, 0.29) is 0 Å². The number of ether oxygens (including phenoxy) is 1. The third-order valence-corrected chi connectivity index (χ3v) is 2.21. The van der Waals surface area contributed by atoms with Gasteiger partial charge < -0.3 is 20.7 Å². The van der Waals surface area contributed by atoms with E-state index in [9.17, 15) is 9.90 Å². The smallest absolute Gasteiger partial charge is 0.323 e. The fourth-order valence-electron chi connectivity index (χ4n) is 1.30. The Kier molecular flexibility index (Phi) is 3.81. The number of methoxy groups -OCH3 is 1. The van der Waals surface area contributed by atoms with Gasteiger partial charge in [-0.2, -0.15) is 0 Å². The zero-order chi connectivity index (χ0) is 12.3. The Bertz CT molecular complexity index is 394. The van der Waals surface area contributed by atoms with Gasteiger partial charge in [0, 0.05) is 17.3 Å². The highest BCUT2D eigenvalue weighted by molar-refractivity contribution is 5.74. The highest BCUT2D eigenvalue weighted by Gasteiger charge is 2.24. The van der Waals surface area contributed by atoms with Crippen LogP contribution in [-0.4, -0.2) is 34.3 Å². The van der Waals surface area contributed by atoms with Gasteiger partial charge in [0.2, 0.25) is 5.88 Å². The summed E-state index contributed by atoms with van der Waals surface area (Å²) in [6, 6.07) is 0.230. The number of rotatable bonds is 4. The van der Waals surface area contributed by atoms with Crippen molar-refractivity contribution in [3.05, 3.63) is 23.4 Å². The number of aliphatic hydroxyl groups excluding tert-OH is 1. The summed E-state index contributed by atoms with van der Waals surface area (Å²) in [7, 11) is 1.48. The fraction of sp³-hybridized carbons (Fsp3) is 0.400. The van der Waals surface area contributed by atoms with Crippen LogP contribution in [0.3, 0.4) is 0 Å². The van der Waals surface area contributed by atoms with Gasteiger partial charge in [-0.3, -0.25) is 4.79 Å². The zero-order valence-corrected chi connectivity index (χ0v) is 9.04. The molecule has 1 aromatic heterocycles. The Morgan fingerprint density at radius 2 is 2.25 bits per heavy atom. The molecule has 0 fully saturated rings. The summed E-state index contributed by atoms with van der Waals surface area (Å²) in [6.07, 6.45) is 0.0638. The van der Waals surface area contributed by atoms with Crippen molar-refractivity contribution in [1.82, 2.24) is 4.98 Å². The number of carbonyl (C=O) groups is 1. The van der Waals surface area contributed by atoms with Gasteiger partial charge >= 0.3 is 5.97 Å². The molecule has 0 saturated carbocycles. The molecule has 1 aromatic rings. The summed E-state index contributed by atoms with van der Waals surface area (Å²) in [5.74, 6) is -0.833. The van der Waals surface area contributed by atoms with E-state index in [0.717, 1.165) is 0 Å². The van der Waals surface area contributed by atoms with E-state index >= 15 is 0 Å². The number of nitrogens with zero attached hydrogens (tertiary/aromatic N) is 1. The average Bonchev–Trinajstić information content (AvgIpc) is 2.26. The van der Waals surface area contributed by atoms with Crippen LogP contribution in [-0.2, 0) is 4.79 Å². The number of carboxylic acid groups (broad SMARTS) is 1. The second kappa shape index (κ2) is 4.91. The highest BCUT2D eigenvalue weighted by Crippen LogP contribution is 2.21. The Labute approximate surface area is 92.7 Å². The molecular weight excluding hydrogens is 212 g/mol. The Balaban J connectivity index is 2.97. The van der Waals surface area contributed by atoms with Crippen LogP contribution in [0.1, 0.15) is 17.2 Å². The quantitative estimate of drug-likeness (QED) is 0.659. The molecule has 0 amide bonds. The topological polar surface area (TPSA) is 106 Å². The van der Waals surface area contributed by atoms with E-state index < -0.39 is 18.1 Å². The number of hydrogen-bond donors (Lipinski definition) is 3. The molecule has 6 heteroatoms. The van der Waals surface area contributed by atoms with Crippen LogP contribution < -0.4 is 10.5 Å². The van der Waals surface area contributed by atoms with Gasteiger partial charge in [-0.05, 0) is 13.0 Å².